The minimum Gasteiger partial charge on any atom is -0.496 e. The van der Waals surface area contributed by atoms with Gasteiger partial charge in [0.25, 0.3) is 0 Å². The molecule has 0 fully saturated rings. The molecule has 1 aromatic carbocycles. The fraction of sp³-hybridized carbons (Fsp3) is 0.611. The Balaban J connectivity index is 2.87. The molecule has 0 aliphatic heterocycles. The first-order chi connectivity index (χ1) is 10.2. The lowest BCUT2D eigenvalue weighted by molar-refractivity contribution is -0.148. The van der Waals surface area contributed by atoms with Crippen LogP contribution in [0.15, 0.2) is 24.3 Å². The second kappa shape index (κ2) is 9.43. The largest absolute Gasteiger partial charge is 0.496 e. The Morgan fingerprint density at radius 1 is 1.14 bits per heavy atom. The van der Waals surface area contributed by atoms with E-state index in [0.717, 1.165) is 30.6 Å². The molecular weight excluding hydrogens is 264 g/mol. The maximum absolute atomic E-state index is 12.3. The van der Waals surface area contributed by atoms with E-state index in [9.17, 15) is 4.79 Å². The third kappa shape index (κ3) is 5.41. The van der Waals surface area contributed by atoms with Crippen molar-refractivity contribution in [2.24, 2.45) is 11.8 Å². The van der Waals surface area contributed by atoms with Gasteiger partial charge in [-0.25, -0.2) is 0 Å². The molecule has 0 aromatic heterocycles. The van der Waals surface area contributed by atoms with Crippen molar-refractivity contribution in [1.29, 1.82) is 0 Å². The number of carbonyl (C=O) groups excluding carboxylic acids is 1. The highest BCUT2D eigenvalue weighted by Gasteiger charge is 2.24. The summed E-state index contributed by atoms with van der Waals surface area (Å²) >= 11 is 0. The number of ether oxygens (including phenoxy) is 2. The van der Waals surface area contributed by atoms with E-state index in [1.807, 2.05) is 31.2 Å². The van der Waals surface area contributed by atoms with E-state index in [-0.39, 0.29) is 11.9 Å². The quantitative estimate of drug-likeness (QED) is 0.638. The maximum Gasteiger partial charge on any atom is 0.309 e. The van der Waals surface area contributed by atoms with Crippen molar-refractivity contribution in [3.05, 3.63) is 29.8 Å². The first-order valence-electron chi connectivity index (χ1n) is 7.94. The molecule has 0 amide bonds. The lowest BCUT2D eigenvalue weighted by Crippen LogP contribution is -2.23. The van der Waals surface area contributed by atoms with Gasteiger partial charge in [-0.05, 0) is 37.3 Å². The molecule has 0 aliphatic carbocycles. The molecule has 1 atom stereocenters. The summed E-state index contributed by atoms with van der Waals surface area (Å²) < 4.78 is 10.7. The molecule has 0 bridgehead atoms. The van der Waals surface area contributed by atoms with Crippen molar-refractivity contribution >= 4 is 5.97 Å². The van der Waals surface area contributed by atoms with Crippen LogP contribution in [-0.4, -0.2) is 19.7 Å². The van der Waals surface area contributed by atoms with Gasteiger partial charge in [-0.1, -0.05) is 44.9 Å². The van der Waals surface area contributed by atoms with Crippen LogP contribution in [0.2, 0.25) is 0 Å². The van der Waals surface area contributed by atoms with Gasteiger partial charge in [-0.2, -0.15) is 0 Å². The summed E-state index contributed by atoms with van der Waals surface area (Å²) in [6.07, 6.45) is 3.75. The minimum atomic E-state index is -0.0915. The van der Waals surface area contributed by atoms with E-state index < -0.39 is 0 Å². The Morgan fingerprint density at radius 2 is 1.81 bits per heavy atom. The molecule has 0 radical (unpaired) electrons. The summed E-state index contributed by atoms with van der Waals surface area (Å²) in [5, 5.41) is 0. The average Bonchev–Trinajstić information content (AvgIpc) is 2.51. The Hall–Kier alpha value is -1.51. The third-order valence-electron chi connectivity index (χ3n) is 4.05. The Bertz CT molecular complexity index is 424. The van der Waals surface area contributed by atoms with Crippen molar-refractivity contribution in [1.82, 2.24) is 0 Å². The fourth-order valence-electron chi connectivity index (χ4n) is 2.68. The lowest BCUT2D eigenvalue weighted by atomic mass is 9.86. The van der Waals surface area contributed by atoms with Crippen LogP contribution in [0.1, 0.15) is 45.6 Å². The monoisotopic (exact) mass is 292 g/mol. The molecule has 118 valence electrons. The molecule has 0 aliphatic rings. The molecule has 0 spiro atoms. The van der Waals surface area contributed by atoms with Crippen LogP contribution in [0.5, 0.6) is 5.75 Å². The first kappa shape index (κ1) is 17.5. The van der Waals surface area contributed by atoms with E-state index in [0.29, 0.717) is 18.9 Å². The van der Waals surface area contributed by atoms with Crippen LogP contribution < -0.4 is 4.74 Å². The number of methoxy groups -OCH3 is 1. The molecule has 3 heteroatoms. The molecule has 0 saturated carbocycles. The zero-order valence-electron chi connectivity index (χ0n) is 13.7. The first-order valence-corrected chi connectivity index (χ1v) is 7.94. The van der Waals surface area contributed by atoms with Crippen LogP contribution in [-0.2, 0) is 16.0 Å². The summed E-state index contributed by atoms with van der Waals surface area (Å²) in [4.78, 5) is 12.3. The molecule has 0 N–H and O–H groups in total. The summed E-state index contributed by atoms with van der Waals surface area (Å²) in [7, 11) is 1.67. The number of para-hydroxylation sites is 1. The van der Waals surface area contributed by atoms with Crippen molar-refractivity contribution in [3.8, 4) is 5.75 Å². The predicted octanol–water partition coefficient (Wildman–Crippen LogP) is 4.24. The molecule has 0 heterocycles. The molecule has 21 heavy (non-hydrogen) atoms. The second-order valence-corrected chi connectivity index (χ2v) is 5.38. The molecule has 3 nitrogen and oxygen atoms in total. The van der Waals surface area contributed by atoms with Gasteiger partial charge in [0.05, 0.1) is 19.6 Å². The van der Waals surface area contributed by atoms with E-state index in [1.54, 1.807) is 7.11 Å². The van der Waals surface area contributed by atoms with E-state index in [1.165, 1.54) is 0 Å². The van der Waals surface area contributed by atoms with E-state index in [2.05, 4.69) is 13.8 Å². The third-order valence-corrected chi connectivity index (χ3v) is 4.05. The minimum absolute atomic E-state index is 0.0877. The Labute approximate surface area is 128 Å². The molecule has 0 saturated heterocycles. The van der Waals surface area contributed by atoms with Gasteiger partial charge in [0, 0.05) is 0 Å². The van der Waals surface area contributed by atoms with Crippen LogP contribution in [0.4, 0.5) is 0 Å². The van der Waals surface area contributed by atoms with Gasteiger partial charge in [0.2, 0.25) is 0 Å². The lowest BCUT2D eigenvalue weighted by Gasteiger charge is -2.21. The van der Waals surface area contributed by atoms with Gasteiger partial charge in [-0.15, -0.1) is 0 Å². The van der Waals surface area contributed by atoms with Crippen molar-refractivity contribution in [2.45, 2.75) is 46.5 Å². The molecule has 1 unspecified atom stereocenters. The van der Waals surface area contributed by atoms with Gasteiger partial charge < -0.3 is 9.47 Å². The maximum atomic E-state index is 12.3. The SMILES string of the molecule is CCOC(=O)C(Cc1ccccc1OC)CC(CC)CC. The fourth-order valence-corrected chi connectivity index (χ4v) is 2.68. The topological polar surface area (TPSA) is 35.5 Å². The standard InChI is InChI=1S/C18H28O3/c1-5-14(6-2)12-16(18(19)21-7-3)13-15-10-8-9-11-17(15)20-4/h8-11,14,16H,5-7,12-13H2,1-4H3. The number of hydrogen-bond donors (Lipinski definition) is 0. The van der Waals surface area contributed by atoms with E-state index >= 15 is 0 Å². The van der Waals surface area contributed by atoms with Gasteiger partial charge in [-0.3, -0.25) is 4.79 Å². The van der Waals surface area contributed by atoms with Gasteiger partial charge in [0.15, 0.2) is 0 Å². The number of rotatable bonds is 9. The highest BCUT2D eigenvalue weighted by Crippen LogP contribution is 2.27. The highest BCUT2D eigenvalue weighted by atomic mass is 16.5. The number of benzene rings is 1. The molecule has 1 rings (SSSR count). The summed E-state index contributed by atoms with van der Waals surface area (Å²) in [6.45, 7) is 6.65. The number of carbonyl (C=O) groups is 1. The zero-order valence-corrected chi connectivity index (χ0v) is 13.7. The summed E-state index contributed by atoms with van der Waals surface area (Å²) in [5.41, 5.74) is 1.07. The Kier molecular flexibility index (Phi) is 7.88. The van der Waals surface area contributed by atoms with Gasteiger partial charge in [0.1, 0.15) is 5.75 Å². The smallest absolute Gasteiger partial charge is 0.309 e. The second-order valence-electron chi connectivity index (χ2n) is 5.38. The highest BCUT2D eigenvalue weighted by molar-refractivity contribution is 5.73. The molecular formula is C18H28O3. The van der Waals surface area contributed by atoms with Crippen molar-refractivity contribution in [3.63, 3.8) is 0 Å². The van der Waals surface area contributed by atoms with Crippen LogP contribution >= 0.6 is 0 Å². The van der Waals surface area contributed by atoms with Gasteiger partial charge >= 0.3 is 5.97 Å². The van der Waals surface area contributed by atoms with Crippen molar-refractivity contribution in [2.75, 3.05) is 13.7 Å². The predicted molar refractivity (Wildman–Crippen MR) is 85.5 cm³/mol. The summed E-state index contributed by atoms with van der Waals surface area (Å²) in [5.74, 6) is 1.23. The number of hydrogen-bond acceptors (Lipinski definition) is 3. The zero-order chi connectivity index (χ0) is 15.7. The van der Waals surface area contributed by atoms with Crippen molar-refractivity contribution < 1.29 is 14.3 Å². The van der Waals surface area contributed by atoms with Crippen LogP contribution in [0, 0.1) is 11.8 Å². The van der Waals surface area contributed by atoms with Crippen LogP contribution in [0.3, 0.4) is 0 Å². The average molecular weight is 292 g/mol. The Morgan fingerprint density at radius 3 is 2.38 bits per heavy atom. The summed E-state index contributed by atoms with van der Waals surface area (Å²) in [6, 6.07) is 7.90. The van der Waals surface area contributed by atoms with E-state index in [4.69, 9.17) is 9.47 Å². The number of esters is 1. The normalized spacial score (nSPS) is 12.2. The molecule has 1 aromatic rings. The van der Waals surface area contributed by atoms with Crippen LogP contribution in [0.25, 0.3) is 0 Å².